The molecule has 0 saturated heterocycles. The zero-order chi connectivity index (χ0) is 19.6. The maximum atomic E-state index is 12.2. The molecule has 0 aromatic carbocycles. The molecule has 3 heteroatoms. The Morgan fingerprint density at radius 2 is 1.19 bits per heavy atom. The van der Waals surface area contributed by atoms with E-state index in [1.165, 1.54) is 5.57 Å². The highest BCUT2D eigenvalue weighted by atomic mass is 16.3. The summed E-state index contributed by atoms with van der Waals surface area (Å²) < 4.78 is 0. The lowest BCUT2D eigenvalue weighted by atomic mass is 9.63. The van der Waals surface area contributed by atoms with Crippen LogP contribution in [-0.4, -0.2) is 16.7 Å². The first-order valence-electron chi connectivity index (χ1n) is 9.86. The molecule has 0 amide bonds. The molecule has 2 fully saturated rings. The summed E-state index contributed by atoms with van der Waals surface area (Å²) in [6.45, 7) is 17.5. The number of rotatable bonds is 6. The van der Waals surface area contributed by atoms with Crippen molar-refractivity contribution in [1.82, 2.24) is 0 Å². The van der Waals surface area contributed by atoms with Gasteiger partial charge in [-0.05, 0) is 77.0 Å². The van der Waals surface area contributed by atoms with Crippen LogP contribution in [0, 0.1) is 35.5 Å². The quantitative estimate of drug-likeness (QED) is 0.508. The van der Waals surface area contributed by atoms with Gasteiger partial charge in [-0.15, -0.1) is 0 Å². The lowest BCUT2D eigenvalue weighted by molar-refractivity contribution is -0.124. The molecule has 0 aliphatic heterocycles. The average molecular weight is 359 g/mol. The highest BCUT2D eigenvalue weighted by Gasteiger charge is 2.40. The summed E-state index contributed by atoms with van der Waals surface area (Å²) in [5.41, 5.74) is 2.30. The van der Waals surface area contributed by atoms with Crippen molar-refractivity contribution in [2.75, 3.05) is 0 Å². The van der Waals surface area contributed by atoms with Gasteiger partial charge in [-0.3, -0.25) is 9.59 Å². The van der Waals surface area contributed by atoms with Crippen LogP contribution in [0.25, 0.3) is 0 Å². The van der Waals surface area contributed by atoms with E-state index in [9.17, 15) is 14.7 Å². The van der Waals surface area contributed by atoms with Crippen molar-refractivity contribution >= 4 is 11.6 Å². The zero-order valence-electron chi connectivity index (χ0n) is 16.6. The average Bonchev–Trinajstić information content (AvgIpc) is 2.59. The topological polar surface area (TPSA) is 54.4 Å². The number of Topliss-reactive ketones (excluding diaryl/α,β-unsaturated/α-hetero) is 2. The molecule has 2 rings (SSSR count). The van der Waals surface area contributed by atoms with Gasteiger partial charge in [0, 0.05) is 17.8 Å². The Morgan fingerprint density at radius 3 is 1.62 bits per heavy atom. The lowest BCUT2D eigenvalue weighted by Crippen LogP contribution is -2.35. The van der Waals surface area contributed by atoms with E-state index in [1.807, 2.05) is 6.92 Å². The highest BCUT2D eigenvalue weighted by Crippen LogP contribution is 2.47. The number of aliphatic hydroxyl groups is 1. The smallest absolute Gasteiger partial charge is 0.133 e. The number of carbonyl (C=O) groups excluding carboxylic acids is 2. The number of hydrogen-bond acceptors (Lipinski definition) is 3. The van der Waals surface area contributed by atoms with Crippen molar-refractivity contribution in [3.8, 4) is 0 Å². The molecule has 0 radical (unpaired) electrons. The Labute approximate surface area is 158 Å². The first-order chi connectivity index (χ1) is 12.1. The minimum Gasteiger partial charge on any atom is -0.513 e. The molecule has 1 N–H and O–H groups in total. The Bertz CT molecular complexity index is 563. The molecule has 0 spiro atoms. The van der Waals surface area contributed by atoms with E-state index in [1.54, 1.807) is 13.8 Å². The normalized spacial score (nSPS) is 34.7. The SMILES string of the molecule is C=C(C1CCC(C(C)=O)C(C(=C)O)C1)C1CCC(C(=C)C)C(C(C)=O)C1. The molecular weight excluding hydrogens is 324 g/mol. The maximum absolute atomic E-state index is 12.2. The second-order valence-corrected chi connectivity index (χ2v) is 8.58. The molecule has 2 saturated carbocycles. The van der Waals surface area contributed by atoms with E-state index in [4.69, 9.17) is 0 Å². The van der Waals surface area contributed by atoms with Crippen LogP contribution < -0.4 is 0 Å². The summed E-state index contributed by atoms with van der Waals surface area (Å²) in [7, 11) is 0. The summed E-state index contributed by atoms with van der Waals surface area (Å²) >= 11 is 0. The van der Waals surface area contributed by atoms with Gasteiger partial charge < -0.3 is 5.11 Å². The van der Waals surface area contributed by atoms with Crippen LogP contribution in [0.15, 0.2) is 36.6 Å². The third kappa shape index (κ3) is 4.36. The summed E-state index contributed by atoms with van der Waals surface area (Å²) in [5.74, 6) is 1.17. The van der Waals surface area contributed by atoms with E-state index >= 15 is 0 Å². The third-order valence-electron chi connectivity index (χ3n) is 6.85. The number of aliphatic hydroxyl groups excluding tert-OH is 1. The minimum absolute atomic E-state index is 0.0418. The number of allylic oxidation sites excluding steroid dienone is 3. The fourth-order valence-electron chi connectivity index (χ4n) is 5.24. The van der Waals surface area contributed by atoms with Gasteiger partial charge in [-0.1, -0.05) is 30.9 Å². The van der Waals surface area contributed by atoms with Crippen LogP contribution in [0.5, 0.6) is 0 Å². The van der Waals surface area contributed by atoms with E-state index in [2.05, 4.69) is 19.7 Å². The van der Waals surface area contributed by atoms with Crippen molar-refractivity contribution in [2.24, 2.45) is 35.5 Å². The van der Waals surface area contributed by atoms with Crippen molar-refractivity contribution in [1.29, 1.82) is 0 Å². The van der Waals surface area contributed by atoms with Gasteiger partial charge in [-0.25, -0.2) is 0 Å². The van der Waals surface area contributed by atoms with Crippen molar-refractivity contribution in [3.63, 3.8) is 0 Å². The molecule has 0 aromatic rings. The van der Waals surface area contributed by atoms with Gasteiger partial charge in [0.25, 0.3) is 0 Å². The first-order valence-corrected chi connectivity index (χ1v) is 9.86. The van der Waals surface area contributed by atoms with E-state index in [-0.39, 0.29) is 41.0 Å². The third-order valence-corrected chi connectivity index (χ3v) is 6.85. The summed E-state index contributed by atoms with van der Waals surface area (Å²) in [6.07, 6.45) is 5.32. The van der Waals surface area contributed by atoms with Gasteiger partial charge in [0.15, 0.2) is 0 Å². The van der Waals surface area contributed by atoms with Crippen LogP contribution in [0.1, 0.15) is 59.3 Å². The molecule has 6 unspecified atom stereocenters. The Balaban J connectivity index is 2.09. The summed E-state index contributed by atoms with van der Waals surface area (Å²) in [5, 5.41) is 9.99. The monoisotopic (exact) mass is 358 g/mol. The Kier molecular flexibility index (Phi) is 6.65. The standard InChI is InChI=1S/C23H34O3/c1-13(2)20-9-7-18(11-22(20)16(5)25)14(3)19-8-10-21(15(4)24)23(12-19)17(6)26/h18-23,26H,1,3,6-12H2,2,4-5H3. The number of hydrogen-bond donors (Lipinski definition) is 1. The van der Waals surface area contributed by atoms with E-state index in [0.29, 0.717) is 11.8 Å². The molecule has 0 aromatic heterocycles. The van der Waals surface area contributed by atoms with E-state index < -0.39 is 0 Å². The van der Waals surface area contributed by atoms with Gasteiger partial charge in [-0.2, -0.15) is 0 Å². The highest BCUT2D eigenvalue weighted by molar-refractivity contribution is 5.79. The molecule has 6 atom stereocenters. The fourth-order valence-corrected chi connectivity index (χ4v) is 5.24. The first kappa shape index (κ1) is 20.7. The van der Waals surface area contributed by atoms with Crippen molar-refractivity contribution < 1.29 is 14.7 Å². The minimum atomic E-state index is -0.168. The molecule has 0 heterocycles. The Hall–Kier alpha value is -1.64. The van der Waals surface area contributed by atoms with Crippen LogP contribution in [0.2, 0.25) is 0 Å². The van der Waals surface area contributed by atoms with Gasteiger partial charge >= 0.3 is 0 Å². The van der Waals surface area contributed by atoms with Crippen LogP contribution >= 0.6 is 0 Å². The van der Waals surface area contributed by atoms with Crippen molar-refractivity contribution in [2.45, 2.75) is 59.3 Å². The molecule has 2 aliphatic rings. The van der Waals surface area contributed by atoms with Crippen LogP contribution in [-0.2, 0) is 9.59 Å². The number of carbonyl (C=O) groups is 2. The molecule has 3 nitrogen and oxygen atoms in total. The predicted octanol–water partition coefficient (Wildman–Crippen LogP) is 5.43. The summed E-state index contributed by atoms with van der Waals surface area (Å²) in [6, 6.07) is 0. The Morgan fingerprint density at radius 1 is 0.731 bits per heavy atom. The largest absolute Gasteiger partial charge is 0.513 e. The molecule has 26 heavy (non-hydrogen) atoms. The van der Waals surface area contributed by atoms with Crippen LogP contribution in [0.4, 0.5) is 0 Å². The van der Waals surface area contributed by atoms with Gasteiger partial charge in [0.1, 0.15) is 11.6 Å². The predicted molar refractivity (Wildman–Crippen MR) is 106 cm³/mol. The van der Waals surface area contributed by atoms with Gasteiger partial charge in [0.2, 0.25) is 0 Å². The second kappa shape index (κ2) is 8.37. The van der Waals surface area contributed by atoms with Gasteiger partial charge in [0.05, 0.1) is 5.76 Å². The van der Waals surface area contributed by atoms with Crippen molar-refractivity contribution in [3.05, 3.63) is 36.6 Å². The van der Waals surface area contributed by atoms with Crippen LogP contribution in [0.3, 0.4) is 0 Å². The maximum Gasteiger partial charge on any atom is 0.133 e. The molecular formula is C23H34O3. The molecule has 0 bridgehead atoms. The summed E-state index contributed by atoms with van der Waals surface area (Å²) in [4.78, 5) is 24.1. The fraction of sp³-hybridized carbons (Fsp3) is 0.652. The number of ketones is 2. The molecule has 2 aliphatic carbocycles. The lowest BCUT2D eigenvalue weighted by Gasteiger charge is -2.41. The molecule has 144 valence electrons. The zero-order valence-corrected chi connectivity index (χ0v) is 16.6. The van der Waals surface area contributed by atoms with E-state index in [0.717, 1.165) is 44.1 Å². The second-order valence-electron chi connectivity index (χ2n) is 8.58.